The lowest BCUT2D eigenvalue weighted by atomic mass is 9.82. The zero-order valence-corrected chi connectivity index (χ0v) is 29.5. The van der Waals surface area contributed by atoms with Crippen molar-refractivity contribution in [2.45, 2.75) is 19.3 Å². The fraction of sp³-hybridized carbons (Fsp3) is 0.0698. The van der Waals surface area contributed by atoms with Crippen LogP contribution < -0.4 is 31.8 Å². The second kappa shape index (κ2) is 12.6. The van der Waals surface area contributed by atoms with Crippen molar-refractivity contribution in [2.24, 2.45) is 0 Å². The summed E-state index contributed by atoms with van der Waals surface area (Å²) in [4.78, 5) is 0. The highest BCUT2D eigenvalue weighted by molar-refractivity contribution is 7.85. The molecule has 8 heteroatoms. The van der Waals surface area contributed by atoms with Gasteiger partial charge in [-0.2, -0.15) is 21.0 Å². The Labute approximate surface area is 296 Å². The molecule has 1 aliphatic rings. The number of fused-ring (bicyclic) bond motifs is 3. The van der Waals surface area contributed by atoms with Gasteiger partial charge in [0, 0.05) is 37.2 Å². The van der Waals surface area contributed by atoms with E-state index in [1.165, 1.54) is 12.1 Å². The van der Waals surface area contributed by atoms with Gasteiger partial charge in [-0.15, -0.1) is 0 Å². The van der Waals surface area contributed by atoms with Gasteiger partial charge >= 0.3 is 0 Å². The van der Waals surface area contributed by atoms with Gasteiger partial charge in [0.05, 0.1) is 46.5 Å². The molecule has 0 N–H and O–H groups in total. The third kappa shape index (κ3) is 5.32. The van der Waals surface area contributed by atoms with Crippen molar-refractivity contribution in [3.63, 3.8) is 0 Å². The molecule has 6 aromatic rings. The third-order valence-electron chi connectivity index (χ3n) is 9.69. The molecule has 0 radical (unpaired) electrons. The third-order valence-corrected chi connectivity index (χ3v) is 15.7. The van der Waals surface area contributed by atoms with E-state index in [0.29, 0.717) is 31.8 Å². The van der Waals surface area contributed by atoms with Gasteiger partial charge in [-0.3, -0.25) is 0 Å². The lowest BCUT2D eigenvalue weighted by molar-refractivity contribution is 0.591. The van der Waals surface area contributed by atoms with Crippen molar-refractivity contribution in [1.82, 2.24) is 0 Å². The first kappa shape index (κ1) is 33.2. The SMILES string of the molecule is CC1(C)c2cc(P(=O)(c3ccccc3)c3cc(C#N)cc(C#N)c3)ccc2-c2ccc(P(=O)(c3ccccc3)c3cc(C#N)cc(C#N)c3)cc21. The van der Waals surface area contributed by atoms with Gasteiger partial charge in [0.25, 0.3) is 0 Å². The summed E-state index contributed by atoms with van der Waals surface area (Å²) in [6.07, 6.45) is 0. The maximum Gasteiger partial charge on any atom is 0.171 e. The summed E-state index contributed by atoms with van der Waals surface area (Å²) in [5.41, 5.74) is 4.21. The van der Waals surface area contributed by atoms with E-state index < -0.39 is 19.7 Å². The van der Waals surface area contributed by atoms with Crippen LogP contribution in [0.25, 0.3) is 11.1 Å². The van der Waals surface area contributed by atoms with E-state index in [9.17, 15) is 21.0 Å². The minimum absolute atomic E-state index is 0.256. The summed E-state index contributed by atoms with van der Waals surface area (Å²) in [5.74, 6) is 0. The molecule has 6 aromatic carbocycles. The van der Waals surface area contributed by atoms with Gasteiger partial charge in [-0.1, -0.05) is 98.8 Å². The lowest BCUT2D eigenvalue weighted by Crippen LogP contribution is -2.28. The van der Waals surface area contributed by atoms with Crippen molar-refractivity contribution in [3.05, 3.63) is 167 Å². The van der Waals surface area contributed by atoms with Gasteiger partial charge < -0.3 is 9.13 Å². The van der Waals surface area contributed by atoms with Gasteiger partial charge in [-0.25, -0.2) is 0 Å². The van der Waals surface area contributed by atoms with Crippen molar-refractivity contribution < 1.29 is 9.13 Å². The molecule has 242 valence electrons. The molecule has 0 fully saturated rings. The van der Waals surface area contributed by atoms with E-state index in [0.717, 1.165) is 22.3 Å². The molecule has 0 saturated heterocycles. The summed E-state index contributed by atoms with van der Waals surface area (Å²) in [6, 6.07) is 47.7. The normalized spacial score (nSPS) is 14.6. The van der Waals surface area contributed by atoms with Crippen LogP contribution in [0.2, 0.25) is 0 Å². The van der Waals surface area contributed by atoms with Crippen molar-refractivity contribution in [1.29, 1.82) is 21.0 Å². The summed E-state index contributed by atoms with van der Waals surface area (Å²) < 4.78 is 31.1. The van der Waals surface area contributed by atoms with Crippen molar-refractivity contribution in [3.8, 4) is 35.4 Å². The van der Waals surface area contributed by atoms with Crippen LogP contribution >= 0.6 is 14.3 Å². The Hall–Kier alpha value is -6.26. The molecule has 6 nitrogen and oxygen atoms in total. The monoisotopic (exact) mass is 694 g/mol. The Morgan fingerprint density at radius 3 is 1.06 bits per heavy atom. The zero-order chi connectivity index (χ0) is 36.0. The van der Waals surface area contributed by atoms with Gasteiger partial charge in [-0.05, 0) is 70.8 Å². The molecule has 2 atom stereocenters. The summed E-state index contributed by atoms with van der Waals surface area (Å²) in [6.45, 7) is 4.17. The number of rotatable bonds is 6. The summed E-state index contributed by atoms with van der Waals surface area (Å²) >= 11 is 0. The second-order valence-corrected chi connectivity index (χ2v) is 18.5. The minimum Gasteiger partial charge on any atom is -0.309 e. The molecular formula is C43H28N4O2P2. The van der Waals surface area contributed by atoms with E-state index in [1.807, 2.05) is 97.1 Å². The minimum atomic E-state index is -3.57. The summed E-state index contributed by atoms with van der Waals surface area (Å²) in [7, 11) is -7.14. The molecule has 51 heavy (non-hydrogen) atoms. The zero-order valence-electron chi connectivity index (χ0n) is 27.7. The molecule has 0 heterocycles. The number of nitriles is 4. The quantitative estimate of drug-likeness (QED) is 0.177. The predicted octanol–water partition coefficient (Wildman–Crippen LogP) is 6.76. The van der Waals surface area contributed by atoms with Crippen LogP contribution in [0.5, 0.6) is 0 Å². The molecular weight excluding hydrogens is 666 g/mol. The van der Waals surface area contributed by atoms with Gasteiger partial charge in [0.15, 0.2) is 14.3 Å². The molecule has 7 rings (SSSR count). The standard InChI is InChI=1S/C43H28N4O2P2/c1-43(2)41-23-35(50(48,33-9-5-3-6-10-33)37-19-29(25-44)17-30(20-37)26-45)13-15-39(41)40-16-14-36(24-42(40)43)51(49,34-11-7-4-8-12-34)38-21-31(27-46)18-32(22-38)28-47/h3-24H,1-2H3. The fourth-order valence-corrected chi connectivity index (χ4v) is 12.6. The van der Waals surface area contributed by atoms with E-state index in [2.05, 4.69) is 38.1 Å². The maximum absolute atomic E-state index is 15.5. The first-order valence-electron chi connectivity index (χ1n) is 16.1. The molecule has 1 aliphatic carbocycles. The molecule has 0 amide bonds. The number of nitrogens with zero attached hydrogens (tertiary/aromatic N) is 4. The lowest BCUT2D eigenvalue weighted by Gasteiger charge is -2.26. The molecule has 0 bridgehead atoms. The average Bonchev–Trinajstić information content (AvgIpc) is 3.42. The highest BCUT2D eigenvalue weighted by Crippen LogP contribution is 2.52. The Bertz CT molecular complexity index is 2430. The van der Waals surface area contributed by atoms with Crippen LogP contribution in [0.4, 0.5) is 0 Å². The highest BCUT2D eigenvalue weighted by Gasteiger charge is 2.40. The molecule has 2 unspecified atom stereocenters. The van der Waals surface area contributed by atoms with E-state index in [-0.39, 0.29) is 22.3 Å². The van der Waals surface area contributed by atoms with E-state index in [1.54, 1.807) is 24.3 Å². The smallest absolute Gasteiger partial charge is 0.171 e. The molecule has 0 aromatic heterocycles. The Morgan fingerprint density at radius 2 is 0.745 bits per heavy atom. The van der Waals surface area contributed by atoms with E-state index >= 15 is 9.13 Å². The number of hydrogen-bond donors (Lipinski definition) is 0. The second-order valence-electron chi connectivity index (χ2n) is 13.0. The van der Waals surface area contributed by atoms with Crippen LogP contribution in [0, 0.1) is 45.3 Å². The topological polar surface area (TPSA) is 129 Å². The Morgan fingerprint density at radius 1 is 0.412 bits per heavy atom. The van der Waals surface area contributed by atoms with Gasteiger partial charge in [0.2, 0.25) is 0 Å². The van der Waals surface area contributed by atoms with Crippen molar-refractivity contribution >= 4 is 46.1 Å². The maximum atomic E-state index is 15.5. The fourth-order valence-electron chi connectivity index (χ4n) is 7.12. The molecule has 0 spiro atoms. The van der Waals surface area contributed by atoms with Crippen LogP contribution in [-0.4, -0.2) is 0 Å². The first-order valence-corrected chi connectivity index (χ1v) is 19.5. The predicted molar refractivity (Wildman–Crippen MR) is 202 cm³/mol. The number of benzene rings is 6. The highest BCUT2D eigenvalue weighted by atomic mass is 31.2. The average molecular weight is 695 g/mol. The van der Waals surface area contributed by atoms with Crippen LogP contribution in [0.3, 0.4) is 0 Å². The molecule has 0 saturated carbocycles. The molecule has 0 aliphatic heterocycles. The van der Waals surface area contributed by atoms with Crippen LogP contribution in [0.15, 0.2) is 133 Å². The largest absolute Gasteiger partial charge is 0.309 e. The van der Waals surface area contributed by atoms with Crippen molar-refractivity contribution in [2.75, 3.05) is 0 Å². The van der Waals surface area contributed by atoms with Crippen LogP contribution in [0.1, 0.15) is 47.2 Å². The number of hydrogen-bond acceptors (Lipinski definition) is 6. The Balaban J connectivity index is 1.42. The summed E-state index contributed by atoms with van der Waals surface area (Å²) in [5, 5.41) is 42.2. The first-order chi connectivity index (χ1) is 24.6. The van der Waals surface area contributed by atoms with E-state index in [4.69, 9.17) is 0 Å². The Kier molecular flexibility index (Phi) is 8.19. The van der Waals surface area contributed by atoms with Crippen LogP contribution in [-0.2, 0) is 14.5 Å². The van der Waals surface area contributed by atoms with Gasteiger partial charge in [0.1, 0.15) is 0 Å².